The van der Waals surface area contributed by atoms with Gasteiger partial charge in [-0.1, -0.05) is 0 Å². The van der Waals surface area contributed by atoms with E-state index in [0.29, 0.717) is 0 Å². The Balaban J connectivity index is 2.91. The fourth-order valence-electron chi connectivity index (χ4n) is 0.574. The molecule has 0 unspecified atom stereocenters. The Kier molecular flexibility index (Phi) is 1.24. The van der Waals surface area contributed by atoms with Crippen LogP contribution in [0.5, 0.6) is 0 Å². The molecule has 1 amide bonds. The van der Waals surface area contributed by atoms with E-state index in [1.54, 1.807) is 19.9 Å². The second-order valence-corrected chi connectivity index (χ2v) is 2.52. The maximum atomic E-state index is 10.8. The lowest BCUT2D eigenvalue weighted by molar-refractivity contribution is -0.123. The summed E-state index contributed by atoms with van der Waals surface area (Å²) in [4.78, 5) is 14.4. The number of hydrogen-bond acceptors (Lipinski definition) is 1. The van der Waals surface area contributed by atoms with Gasteiger partial charge in [-0.05, 0) is 26.0 Å². The monoisotopic (exact) mass is 122 g/mol. The molecule has 1 aliphatic rings. The van der Waals surface area contributed by atoms with Crippen LogP contribution in [0.25, 0.3) is 0 Å². The number of carbonyl (C=O) groups excluding carboxylic acids is 1. The van der Waals surface area contributed by atoms with Crippen molar-refractivity contribution < 1.29 is 4.79 Å². The summed E-state index contributed by atoms with van der Waals surface area (Å²) in [5, 5.41) is 0. The van der Waals surface area contributed by atoms with Gasteiger partial charge in [0.1, 0.15) is 0 Å². The highest BCUT2D eigenvalue weighted by molar-refractivity contribution is 5.95. The summed E-state index contributed by atoms with van der Waals surface area (Å²) in [6.07, 6.45) is 6.02. The molecule has 0 aromatic carbocycles. The van der Waals surface area contributed by atoms with Crippen molar-refractivity contribution in [2.45, 2.75) is 13.8 Å². The molecule has 1 heterocycles. The topological polar surface area (TPSA) is 29.4 Å². The minimum atomic E-state index is -0.505. The Morgan fingerprint density at radius 3 is 2.67 bits per heavy atom. The highest BCUT2D eigenvalue weighted by Crippen LogP contribution is 2.19. The van der Waals surface area contributed by atoms with Crippen LogP contribution < -0.4 is 0 Å². The number of hydrogen-bond donors (Lipinski definition) is 0. The van der Waals surface area contributed by atoms with Crippen LogP contribution in [0.2, 0.25) is 0 Å². The number of nitrogens with zero attached hydrogens (tertiary/aromatic N) is 1. The lowest BCUT2D eigenvalue weighted by atomic mass is 9.91. The Bertz CT molecular complexity index is 189. The molecule has 9 heavy (non-hydrogen) atoms. The second kappa shape index (κ2) is 1.79. The van der Waals surface area contributed by atoms with Crippen molar-refractivity contribution >= 4 is 12.1 Å². The minimum absolute atomic E-state index is 0.120. The zero-order valence-corrected chi connectivity index (χ0v) is 5.51. The first-order valence-corrected chi connectivity index (χ1v) is 2.81. The zero-order valence-electron chi connectivity index (χ0n) is 5.51. The summed E-state index contributed by atoms with van der Waals surface area (Å²) < 4.78 is 0. The molecular weight excluding hydrogens is 114 g/mol. The van der Waals surface area contributed by atoms with Gasteiger partial charge >= 0.3 is 0 Å². The number of amides is 1. The van der Waals surface area contributed by atoms with E-state index in [-0.39, 0.29) is 5.91 Å². The van der Waals surface area contributed by atoms with Crippen LogP contribution in [0.4, 0.5) is 0 Å². The molecule has 0 saturated heterocycles. The van der Waals surface area contributed by atoms with Gasteiger partial charge in [0.15, 0.2) is 0 Å². The first-order chi connectivity index (χ1) is 4.13. The summed E-state index contributed by atoms with van der Waals surface area (Å²) in [6, 6.07) is 0. The highest BCUT2D eigenvalue weighted by atomic mass is 16.1. The molecule has 0 bridgehead atoms. The van der Waals surface area contributed by atoms with Crippen LogP contribution in [0.15, 0.2) is 11.1 Å². The van der Waals surface area contributed by atoms with Gasteiger partial charge in [-0.25, -0.2) is 4.99 Å². The molecule has 0 atom stereocenters. The Morgan fingerprint density at radius 1 is 1.67 bits per heavy atom. The van der Waals surface area contributed by atoms with Crippen LogP contribution in [-0.4, -0.2) is 12.1 Å². The summed E-state index contributed by atoms with van der Waals surface area (Å²) in [5.74, 6) is -0.120. The van der Waals surface area contributed by atoms with Crippen molar-refractivity contribution in [2.75, 3.05) is 0 Å². The molecule has 2 nitrogen and oxygen atoms in total. The van der Waals surface area contributed by atoms with Crippen molar-refractivity contribution in [3.8, 4) is 0 Å². The number of aliphatic imine (C=N–C) groups is 1. The largest absolute Gasteiger partial charge is 0.272 e. The average Bonchev–Trinajstić information content (AvgIpc) is 1.77. The predicted octanol–water partition coefficient (Wildman–Crippen LogP) is 0.983. The van der Waals surface area contributed by atoms with Gasteiger partial charge in [-0.3, -0.25) is 4.79 Å². The number of allylic oxidation sites excluding steroid dienone is 1. The van der Waals surface area contributed by atoms with E-state index < -0.39 is 5.41 Å². The molecule has 0 aromatic rings. The lowest BCUT2D eigenvalue weighted by Crippen LogP contribution is -2.22. The van der Waals surface area contributed by atoms with Crippen molar-refractivity contribution in [3.05, 3.63) is 12.2 Å². The molecule has 2 heteroatoms. The van der Waals surface area contributed by atoms with Gasteiger partial charge in [0.25, 0.3) is 5.91 Å². The van der Waals surface area contributed by atoms with Crippen LogP contribution in [0, 0.1) is 11.5 Å². The third-order valence-electron chi connectivity index (χ3n) is 1.25. The first-order valence-electron chi connectivity index (χ1n) is 2.81. The Labute approximate surface area is 54.3 Å². The van der Waals surface area contributed by atoms with Crippen molar-refractivity contribution in [3.63, 3.8) is 0 Å². The molecular formula is C7H8NO. The predicted molar refractivity (Wildman–Crippen MR) is 35.1 cm³/mol. The van der Waals surface area contributed by atoms with Crippen molar-refractivity contribution in [1.82, 2.24) is 0 Å². The maximum absolute atomic E-state index is 10.8. The van der Waals surface area contributed by atoms with Crippen LogP contribution in [-0.2, 0) is 4.79 Å². The molecule has 0 aromatic heterocycles. The molecule has 1 radical (unpaired) electrons. The normalized spacial score (nSPS) is 22.7. The molecule has 0 aliphatic carbocycles. The van der Waals surface area contributed by atoms with Crippen LogP contribution in [0.3, 0.4) is 0 Å². The van der Waals surface area contributed by atoms with E-state index in [2.05, 4.69) is 11.1 Å². The van der Waals surface area contributed by atoms with Gasteiger partial charge < -0.3 is 0 Å². The first kappa shape index (κ1) is 6.20. The van der Waals surface area contributed by atoms with E-state index >= 15 is 0 Å². The molecule has 0 spiro atoms. The smallest absolute Gasteiger partial charge is 0.255 e. The fourth-order valence-corrected chi connectivity index (χ4v) is 0.574. The van der Waals surface area contributed by atoms with E-state index in [1.807, 2.05) is 0 Å². The lowest BCUT2D eigenvalue weighted by Gasteiger charge is -2.15. The van der Waals surface area contributed by atoms with E-state index in [4.69, 9.17) is 0 Å². The molecule has 1 rings (SSSR count). The molecule has 0 N–H and O–H groups in total. The summed E-state index contributed by atoms with van der Waals surface area (Å²) in [5.41, 5.74) is -0.505. The SMILES string of the molecule is CC1(C)[C]=CC=NC1=O. The Morgan fingerprint density at radius 2 is 2.33 bits per heavy atom. The Hall–Kier alpha value is -0.920. The molecule has 0 fully saturated rings. The molecule has 0 saturated carbocycles. The highest BCUT2D eigenvalue weighted by Gasteiger charge is 2.25. The summed E-state index contributed by atoms with van der Waals surface area (Å²) in [7, 11) is 0. The zero-order chi connectivity index (χ0) is 6.91. The molecule has 47 valence electrons. The van der Waals surface area contributed by atoms with Crippen molar-refractivity contribution in [2.24, 2.45) is 10.4 Å². The number of dihydropyridines is 1. The van der Waals surface area contributed by atoms with E-state index in [0.717, 1.165) is 0 Å². The molecule has 1 aliphatic heterocycles. The summed E-state index contributed by atoms with van der Waals surface area (Å²) in [6.45, 7) is 3.59. The quantitative estimate of drug-likeness (QED) is 0.471. The van der Waals surface area contributed by atoms with Gasteiger partial charge in [0, 0.05) is 6.21 Å². The van der Waals surface area contributed by atoms with Crippen LogP contribution in [0.1, 0.15) is 13.8 Å². The average molecular weight is 122 g/mol. The maximum Gasteiger partial charge on any atom is 0.255 e. The van der Waals surface area contributed by atoms with E-state index in [1.165, 1.54) is 6.21 Å². The standard InChI is InChI=1S/C7H8NO/c1-7(2)4-3-5-8-6(7)9/h3,5H,1-2H3. The van der Waals surface area contributed by atoms with Gasteiger partial charge in [-0.2, -0.15) is 0 Å². The van der Waals surface area contributed by atoms with Crippen molar-refractivity contribution in [1.29, 1.82) is 0 Å². The van der Waals surface area contributed by atoms with Gasteiger partial charge in [-0.15, -0.1) is 0 Å². The summed E-state index contributed by atoms with van der Waals surface area (Å²) >= 11 is 0. The van der Waals surface area contributed by atoms with E-state index in [9.17, 15) is 4.79 Å². The number of carbonyl (C=O) groups is 1. The third-order valence-corrected chi connectivity index (χ3v) is 1.25. The van der Waals surface area contributed by atoms with Crippen LogP contribution >= 0.6 is 0 Å². The third kappa shape index (κ3) is 1.07. The van der Waals surface area contributed by atoms with Gasteiger partial charge in [0.05, 0.1) is 5.41 Å². The number of rotatable bonds is 0. The van der Waals surface area contributed by atoms with Gasteiger partial charge in [0.2, 0.25) is 0 Å². The fraction of sp³-hybridized carbons (Fsp3) is 0.429. The second-order valence-electron chi connectivity index (χ2n) is 2.52. The minimum Gasteiger partial charge on any atom is -0.272 e.